The van der Waals surface area contributed by atoms with Crippen LogP contribution in [0.25, 0.3) is 0 Å². The van der Waals surface area contributed by atoms with Gasteiger partial charge in [-0.15, -0.1) is 0 Å². The Kier molecular flexibility index (Phi) is 3.14. The minimum absolute atomic E-state index is 0.530. The van der Waals surface area contributed by atoms with Gasteiger partial charge in [0.05, 0.1) is 23.9 Å². The average molecular weight is 228 g/mol. The Morgan fingerprint density at radius 2 is 2.29 bits per heavy atom. The number of nitrogens with one attached hydrogen (secondary N) is 1. The molecule has 0 saturated heterocycles. The van der Waals surface area contributed by atoms with E-state index < -0.39 is 0 Å². The fourth-order valence-electron chi connectivity index (χ4n) is 1.79. The predicted octanol–water partition coefficient (Wildman–Crippen LogP) is 2.28. The molecule has 1 aliphatic heterocycles. The maximum atomic E-state index is 5.64. The van der Waals surface area contributed by atoms with E-state index in [0.29, 0.717) is 12.5 Å². The number of amidine groups is 1. The van der Waals surface area contributed by atoms with Crippen LogP contribution in [0.1, 0.15) is 6.92 Å². The molecule has 4 heteroatoms. The Balaban J connectivity index is 2.38. The zero-order chi connectivity index (χ0) is 12.3. The van der Waals surface area contributed by atoms with Gasteiger partial charge in [0.2, 0.25) is 0 Å². The van der Waals surface area contributed by atoms with Gasteiger partial charge in [-0.3, -0.25) is 0 Å². The van der Waals surface area contributed by atoms with Gasteiger partial charge in [0.1, 0.15) is 5.82 Å². The number of hydrogen-bond donors (Lipinski definition) is 2. The molecule has 0 bridgehead atoms. The second-order valence-corrected chi connectivity index (χ2v) is 3.79. The van der Waals surface area contributed by atoms with E-state index in [9.17, 15) is 0 Å². The van der Waals surface area contributed by atoms with Crippen molar-refractivity contribution in [1.29, 1.82) is 0 Å². The topological polar surface area (TPSA) is 53.6 Å². The van der Waals surface area contributed by atoms with E-state index in [-0.39, 0.29) is 0 Å². The molecule has 0 saturated carbocycles. The second-order valence-electron chi connectivity index (χ2n) is 3.79. The first-order valence-electron chi connectivity index (χ1n) is 5.46. The zero-order valence-electron chi connectivity index (χ0n) is 9.85. The Morgan fingerprint density at radius 3 is 3.00 bits per heavy atom. The van der Waals surface area contributed by atoms with Crippen molar-refractivity contribution in [3.05, 3.63) is 48.8 Å². The van der Waals surface area contributed by atoms with Gasteiger partial charge in [-0.2, -0.15) is 0 Å². The number of allylic oxidation sites excluding steroid dienone is 2. The van der Waals surface area contributed by atoms with Crippen LogP contribution in [0.3, 0.4) is 0 Å². The molecule has 3 N–H and O–H groups in total. The molecule has 0 aromatic heterocycles. The molecule has 4 nitrogen and oxygen atoms in total. The molecular weight excluding hydrogens is 212 g/mol. The van der Waals surface area contributed by atoms with Gasteiger partial charge in [-0.1, -0.05) is 24.8 Å². The molecule has 0 unspecified atom stereocenters. The molecule has 2 rings (SSSR count). The van der Waals surface area contributed by atoms with Crippen molar-refractivity contribution >= 4 is 17.2 Å². The molecule has 0 radical (unpaired) electrons. The van der Waals surface area contributed by atoms with Gasteiger partial charge in [0, 0.05) is 0 Å². The average Bonchev–Trinajstić information content (AvgIpc) is 2.71. The fraction of sp³-hybridized carbons (Fsp3) is 0.154. The SMILES string of the molecule is C=C/C=C(\N=C(C)N)N1CNc2ccccc21. The van der Waals surface area contributed by atoms with Crippen LogP contribution in [0, 0.1) is 0 Å². The van der Waals surface area contributed by atoms with Gasteiger partial charge in [-0.25, -0.2) is 4.99 Å². The molecular formula is C13H16N4. The number of hydrogen-bond acceptors (Lipinski definition) is 3. The highest BCUT2D eigenvalue weighted by atomic mass is 15.3. The maximum Gasteiger partial charge on any atom is 0.136 e. The van der Waals surface area contributed by atoms with Gasteiger partial charge in [0.25, 0.3) is 0 Å². The van der Waals surface area contributed by atoms with Crippen LogP contribution in [0.4, 0.5) is 11.4 Å². The first-order chi connectivity index (χ1) is 8.22. The first kappa shape index (κ1) is 11.3. The molecule has 0 aliphatic carbocycles. The summed E-state index contributed by atoms with van der Waals surface area (Å²) in [5.41, 5.74) is 7.85. The van der Waals surface area contributed by atoms with E-state index in [1.54, 1.807) is 13.0 Å². The van der Waals surface area contributed by atoms with Crippen molar-refractivity contribution in [2.24, 2.45) is 10.7 Å². The molecule has 1 aromatic rings. The third kappa shape index (κ3) is 2.30. The lowest BCUT2D eigenvalue weighted by atomic mass is 10.2. The van der Waals surface area contributed by atoms with Gasteiger partial charge < -0.3 is 16.0 Å². The minimum atomic E-state index is 0.530. The summed E-state index contributed by atoms with van der Waals surface area (Å²) >= 11 is 0. The van der Waals surface area contributed by atoms with Crippen LogP contribution in [-0.2, 0) is 0 Å². The Hall–Kier alpha value is -2.23. The van der Waals surface area contributed by atoms with Crippen molar-refractivity contribution in [2.75, 3.05) is 16.9 Å². The maximum absolute atomic E-state index is 5.64. The number of rotatable bonds is 3. The number of aliphatic imine (C=N–C) groups is 1. The van der Waals surface area contributed by atoms with E-state index >= 15 is 0 Å². The monoisotopic (exact) mass is 228 g/mol. The summed E-state index contributed by atoms with van der Waals surface area (Å²) in [7, 11) is 0. The quantitative estimate of drug-likeness (QED) is 0.474. The summed E-state index contributed by atoms with van der Waals surface area (Å²) < 4.78 is 0. The lowest BCUT2D eigenvalue weighted by Crippen LogP contribution is -2.22. The Morgan fingerprint density at radius 1 is 1.53 bits per heavy atom. The summed E-state index contributed by atoms with van der Waals surface area (Å²) in [6.45, 7) is 6.16. The highest BCUT2D eigenvalue weighted by Crippen LogP contribution is 2.33. The molecule has 0 atom stereocenters. The summed E-state index contributed by atoms with van der Waals surface area (Å²) in [5.74, 6) is 1.32. The number of benzene rings is 1. The van der Waals surface area contributed by atoms with E-state index in [1.807, 2.05) is 30.3 Å². The second kappa shape index (κ2) is 4.74. The van der Waals surface area contributed by atoms with Crippen LogP contribution in [0.15, 0.2) is 53.8 Å². The number of anilines is 2. The minimum Gasteiger partial charge on any atom is -0.387 e. The molecule has 1 heterocycles. The highest BCUT2D eigenvalue weighted by Gasteiger charge is 2.20. The van der Waals surface area contributed by atoms with Crippen molar-refractivity contribution < 1.29 is 0 Å². The Labute approximate surface area is 101 Å². The van der Waals surface area contributed by atoms with E-state index in [4.69, 9.17) is 5.73 Å². The summed E-state index contributed by atoms with van der Waals surface area (Å²) in [5, 5.41) is 3.30. The molecule has 0 amide bonds. The number of nitrogens with two attached hydrogens (primary N) is 1. The third-order valence-corrected chi connectivity index (χ3v) is 2.46. The van der Waals surface area contributed by atoms with Crippen LogP contribution in [0.2, 0.25) is 0 Å². The molecule has 1 aromatic carbocycles. The summed E-state index contributed by atoms with van der Waals surface area (Å²) in [6, 6.07) is 8.10. The number of nitrogens with zero attached hydrogens (tertiary/aromatic N) is 2. The number of fused-ring (bicyclic) bond motifs is 1. The highest BCUT2D eigenvalue weighted by molar-refractivity contribution is 5.81. The lowest BCUT2D eigenvalue weighted by molar-refractivity contribution is 0.989. The number of para-hydroxylation sites is 2. The van der Waals surface area contributed by atoms with Gasteiger partial charge in [0.15, 0.2) is 0 Å². The largest absolute Gasteiger partial charge is 0.387 e. The van der Waals surface area contributed by atoms with Crippen molar-refractivity contribution in [2.45, 2.75) is 6.92 Å². The van der Waals surface area contributed by atoms with E-state index in [2.05, 4.69) is 21.8 Å². The molecule has 1 aliphatic rings. The van der Waals surface area contributed by atoms with Crippen molar-refractivity contribution in [3.8, 4) is 0 Å². The smallest absolute Gasteiger partial charge is 0.136 e. The van der Waals surface area contributed by atoms with Crippen molar-refractivity contribution in [3.63, 3.8) is 0 Å². The Bertz CT molecular complexity index is 484. The summed E-state index contributed by atoms with van der Waals surface area (Å²) in [4.78, 5) is 6.38. The van der Waals surface area contributed by atoms with Crippen molar-refractivity contribution in [1.82, 2.24) is 0 Å². The molecule has 17 heavy (non-hydrogen) atoms. The van der Waals surface area contributed by atoms with Gasteiger partial charge in [-0.05, 0) is 25.1 Å². The van der Waals surface area contributed by atoms with E-state index in [1.165, 1.54) is 0 Å². The molecule has 0 fully saturated rings. The van der Waals surface area contributed by atoms with E-state index in [0.717, 1.165) is 17.2 Å². The lowest BCUT2D eigenvalue weighted by Gasteiger charge is -2.18. The molecule has 88 valence electrons. The standard InChI is InChI=1S/C13H16N4/c1-3-6-13(16-10(2)14)17-9-15-11-7-4-5-8-12(11)17/h3-8,15H,1,9H2,2H3,(H2,14,16)/b13-6+. The van der Waals surface area contributed by atoms with Crippen LogP contribution in [-0.4, -0.2) is 12.5 Å². The van der Waals surface area contributed by atoms with Crippen LogP contribution >= 0.6 is 0 Å². The molecule has 0 spiro atoms. The fourth-order valence-corrected chi connectivity index (χ4v) is 1.79. The van der Waals surface area contributed by atoms with Gasteiger partial charge >= 0.3 is 0 Å². The summed E-state index contributed by atoms with van der Waals surface area (Å²) in [6.07, 6.45) is 3.56. The normalized spacial score (nSPS) is 15.5. The zero-order valence-corrected chi connectivity index (χ0v) is 9.85. The van der Waals surface area contributed by atoms with Crippen LogP contribution in [0.5, 0.6) is 0 Å². The first-order valence-corrected chi connectivity index (χ1v) is 5.46. The predicted molar refractivity (Wildman–Crippen MR) is 73.0 cm³/mol. The third-order valence-electron chi connectivity index (χ3n) is 2.46. The van der Waals surface area contributed by atoms with Crippen LogP contribution < -0.4 is 16.0 Å².